The highest BCUT2D eigenvalue weighted by Crippen LogP contribution is 2.34. The quantitative estimate of drug-likeness (QED) is 0.335. The van der Waals surface area contributed by atoms with E-state index in [1.54, 1.807) is 21.9 Å². The van der Waals surface area contributed by atoms with Crippen LogP contribution in [0, 0.1) is 0 Å². The molecule has 0 spiro atoms. The smallest absolute Gasteiger partial charge is 0.250 e. The lowest BCUT2D eigenvalue weighted by atomic mass is 10.2. The first-order chi connectivity index (χ1) is 13.6. The number of fused-ring (bicyclic) bond motifs is 2. The molecule has 5 rings (SSSR count). The minimum Gasteiger partial charge on any atom is -0.299 e. The average Bonchev–Trinajstić information content (AvgIpc) is 3.35. The van der Waals surface area contributed by atoms with Crippen molar-refractivity contribution in [2.24, 2.45) is 0 Å². The van der Waals surface area contributed by atoms with Crippen LogP contribution in [0.4, 0.5) is 11.1 Å². The molecule has 5 nitrogen and oxygen atoms in total. The average molecular weight is 446 g/mol. The van der Waals surface area contributed by atoms with Crippen molar-refractivity contribution in [1.29, 1.82) is 0 Å². The Morgan fingerprint density at radius 3 is 2.82 bits per heavy atom. The second kappa shape index (κ2) is 7.00. The molecule has 9 heteroatoms. The molecule has 0 saturated carbocycles. The van der Waals surface area contributed by atoms with Crippen LogP contribution in [0.5, 0.6) is 0 Å². The van der Waals surface area contributed by atoms with E-state index in [1.165, 1.54) is 16.9 Å². The third kappa shape index (κ3) is 3.14. The number of anilines is 2. The maximum Gasteiger partial charge on any atom is 0.250 e. The van der Waals surface area contributed by atoms with Crippen LogP contribution in [0.15, 0.2) is 41.8 Å². The number of aromatic nitrogens is 4. The van der Waals surface area contributed by atoms with Gasteiger partial charge in [0.15, 0.2) is 5.13 Å². The number of hydrogen-bond acceptors (Lipinski definition) is 6. The minimum atomic E-state index is 0.507. The predicted molar refractivity (Wildman–Crippen MR) is 119 cm³/mol. The van der Waals surface area contributed by atoms with Crippen LogP contribution in [-0.2, 0) is 6.42 Å². The number of halogens is 2. The molecular weight excluding hydrogens is 433 g/mol. The van der Waals surface area contributed by atoms with Crippen LogP contribution in [0.25, 0.3) is 26.4 Å². The van der Waals surface area contributed by atoms with Crippen molar-refractivity contribution < 1.29 is 0 Å². The van der Waals surface area contributed by atoms with Gasteiger partial charge in [0.25, 0.3) is 0 Å². The molecule has 0 radical (unpaired) electrons. The molecule has 0 bridgehead atoms. The molecular formula is C19H13Cl2N5S2. The van der Waals surface area contributed by atoms with E-state index in [-0.39, 0.29) is 0 Å². The van der Waals surface area contributed by atoms with E-state index in [9.17, 15) is 0 Å². The Morgan fingerprint density at radius 2 is 2.00 bits per heavy atom. The number of thiazole rings is 2. The maximum atomic E-state index is 6.36. The van der Waals surface area contributed by atoms with Gasteiger partial charge in [-0.3, -0.25) is 5.32 Å². The SMILES string of the molecule is CCc1ccc2nc(Nc3nc4scc(-c5ccc(Cl)cc5Cl)n4n3)sc2c1. The van der Waals surface area contributed by atoms with Gasteiger partial charge in [0, 0.05) is 16.0 Å². The molecule has 5 aromatic rings. The second-order valence-electron chi connectivity index (χ2n) is 6.17. The summed E-state index contributed by atoms with van der Waals surface area (Å²) in [4.78, 5) is 9.97. The van der Waals surface area contributed by atoms with Gasteiger partial charge in [-0.05, 0) is 42.3 Å². The maximum absolute atomic E-state index is 6.36. The molecule has 0 aliphatic carbocycles. The lowest BCUT2D eigenvalue weighted by molar-refractivity contribution is 0.988. The van der Waals surface area contributed by atoms with Gasteiger partial charge < -0.3 is 0 Å². The van der Waals surface area contributed by atoms with Crippen LogP contribution in [-0.4, -0.2) is 19.6 Å². The van der Waals surface area contributed by atoms with Crippen molar-refractivity contribution >= 4 is 72.1 Å². The molecule has 0 unspecified atom stereocenters. The second-order valence-corrected chi connectivity index (χ2v) is 8.89. The Morgan fingerprint density at radius 1 is 1.11 bits per heavy atom. The summed E-state index contributed by atoms with van der Waals surface area (Å²) in [5.41, 5.74) is 4.01. The molecule has 28 heavy (non-hydrogen) atoms. The first-order valence-corrected chi connectivity index (χ1v) is 11.0. The highest BCUT2D eigenvalue weighted by molar-refractivity contribution is 7.22. The van der Waals surface area contributed by atoms with Crippen LogP contribution in [0.2, 0.25) is 10.0 Å². The van der Waals surface area contributed by atoms with Crippen LogP contribution >= 0.6 is 45.9 Å². The van der Waals surface area contributed by atoms with Gasteiger partial charge in [-0.25, -0.2) is 9.50 Å². The van der Waals surface area contributed by atoms with Crippen molar-refractivity contribution in [2.45, 2.75) is 13.3 Å². The lowest BCUT2D eigenvalue weighted by Gasteiger charge is -2.02. The fourth-order valence-corrected chi connectivity index (χ4v) is 5.21. The zero-order valence-electron chi connectivity index (χ0n) is 14.6. The van der Waals surface area contributed by atoms with Crippen LogP contribution in [0.1, 0.15) is 12.5 Å². The fraction of sp³-hybridized carbons (Fsp3) is 0.105. The molecule has 0 amide bonds. The highest BCUT2D eigenvalue weighted by atomic mass is 35.5. The van der Waals surface area contributed by atoms with Gasteiger partial charge in [0.2, 0.25) is 10.9 Å². The third-order valence-corrected chi connectivity index (χ3v) is 6.67. The van der Waals surface area contributed by atoms with Gasteiger partial charge in [-0.15, -0.1) is 16.4 Å². The summed E-state index contributed by atoms with van der Waals surface area (Å²) in [6.07, 6.45) is 1.01. The number of nitrogens with zero attached hydrogens (tertiary/aromatic N) is 4. The topological polar surface area (TPSA) is 55.1 Å². The molecule has 0 fully saturated rings. The third-order valence-electron chi connectivity index (χ3n) is 4.37. The molecule has 0 atom stereocenters. The lowest BCUT2D eigenvalue weighted by Crippen LogP contribution is -1.94. The summed E-state index contributed by atoms with van der Waals surface area (Å²) in [5.74, 6) is 0.507. The molecule has 0 saturated heterocycles. The van der Waals surface area contributed by atoms with Crippen molar-refractivity contribution in [1.82, 2.24) is 19.6 Å². The van der Waals surface area contributed by atoms with E-state index < -0.39 is 0 Å². The number of hydrogen-bond donors (Lipinski definition) is 1. The molecule has 140 valence electrons. The molecule has 0 aliphatic rings. The first kappa shape index (κ1) is 17.9. The van der Waals surface area contributed by atoms with Crippen molar-refractivity contribution in [3.8, 4) is 11.3 Å². The number of nitrogens with one attached hydrogen (secondary N) is 1. The largest absolute Gasteiger partial charge is 0.299 e. The van der Waals surface area contributed by atoms with E-state index in [2.05, 4.69) is 45.5 Å². The summed E-state index contributed by atoms with van der Waals surface area (Å²) in [5, 5.41) is 11.8. The van der Waals surface area contributed by atoms with Crippen molar-refractivity contribution in [3.63, 3.8) is 0 Å². The Kier molecular flexibility index (Phi) is 4.47. The summed E-state index contributed by atoms with van der Waals surface area (Å²) in [7, 11) is 0. The normalized spacial score (nSPS) is 11.5. The monoisotopic (exact) mass is 445 g/mol. The van der Waals surface area contributed by atoms with Crippen molar-refractivity contribution in [3.05, 3.63) is 57.4 Å². The summed E-state index contributed by atoms with van der Waals surface area (Å²) < 4.78 is 2.93. The molecule has 1 N–H and O–H groups in total. The first-order valence-electron chi connectivity index (χ1n) is 8.57. The van der Waals surface area contributed by atoms with E-state index in [0.717, 1.165) is 38.0 Å². The Balaban J connectivity index is 1.50. The van der Waals surface area contributed by atoms with Gasteiger partial charge in [-0.2, -0.15) is 4.98 Å². The van der Waals surface area contributed by atoms with E-state index in [1.807, 2.05) is 17.5 Å². The highest BCUT2D eigenvalue weighted by Gasteiger charge is 2.15. The fourth-order valence-electron chi connectivity index (χ4n) is 2.96. The Hall–Kier alpha value is -2.19. The standard InChI is InChI=1S/C19H13Cl2N5S2/c1-2-10-3-6-14-16(7-10)28-18(22-14)23-17-24-19-26(25-17)15(9-27-19)12-5-4-11(20)8-13(12)21/h3-9H,2H2,1H3,(H,22,23,25). The molecule has 3 heterocycles. The number of aryl methyl sites for hydroxylation is 1. The summed E-state index contributed by atoms with van der Waals surface area (Å²) >= 11 is 15.5. The van der Waals surface area contributed by atoms with Crippen molar-refractivity contribution in [2.75, 3.05) is 5.32 Å². The van der Waals surface area contributed by atoms with Gasteiger partial charge >= 0.3 is 0 Å². The Labute approximate surface area is 178 Å². The zero-order chi connectivity index (χ0) is 19.3. The van der Waals surface area contributed by atoms with Gasteiger partial charge in [0.1, 0.15) is 0 Å². The number of rotatable bonds is 4. The van der Waals surface area contributed by atoms with Gasteiger partial charge in [-0.1, -0.05) is 47.5 Å². The predicted octanol–water partition coefficient (Wildman–Crippen LogP) is 6.68. The summed E-state index contributed by atoms with van der Waals surface area (Å²) in [6.45, 7) is 2.15. The Bertz CT molecular complexity index is 1320. The van der Waals surface area contributed by atoms with E-state index in [0.29, 0.717) is 16.0 Å². The molecule has 3 aromatic heterocycles. The van der Waals surface area contributed by atoms with Crippen LogP contribution < -0.4 is 5.32 Å². The number of benzene rings is 2. The zero-order valence-corrected chi connectivity index (χ0v) is 17.8. The van der Waals surface area contributed by atoms with E-state index >= 15 is 0 Å². The van der Waals surface area contributed by atoms with E-state index in [4.69, 9.17) is 23.2 Å². The molecule has 0 aliphatic heterocycles. The van der Waals surface area contributed by atoms with Crippen LogP contribution in [0.3, 0.4) is 0 Å². The minimum absolute atomic E-state index is 0.507. The summed E-state index contributed by atoms with van der Waals surface area (Å²) in [6, 6.07) is 11.8. The molecule has 2 aromatic carbocycles. The van der Waals surface area contributed by atoms with Gasteiger partial charge in [0.05, 0.1) is 20.9 Å².